The van der Waals surface area contributed by atoms with Crippen LogP contribution in [0.3, 0.4) is 0 Å². The Labute approximate surface area is 67.1 Å². The van der Waals surface area contributed by atoms with E-state index in [0.717, 1.165) is 0 Å². The van der Waals surface area contributed by atoms with Gasteiger partial charge in [-0.2, -0.15) is 13.2 Å². The molecule has 1 saturated heterocycles. The van der Waals surface area contributed by atoms with Crippen molar-refractivity contribution in [2.24, 2.45) is 5.73 Å². The number of halogens is 3. The number of piperidine rings is 1. The van der Waals surface area contributed by atoms with Gasteiger partial charge < -0.3 is 11.1 Å². The van der Waals surface area contributed by atoms with E-state index >= 15 is 0 Å². The van der Waals surface area contributed by atoms with Gasteiger partial charge in [-0.25, -0.2) is 0 Å². The number of carbonyl (C=O) groups excluding carboxylic acids is 1. The zero-order valence-electron chi connectivity index (χ0n) is 6.24. The molecule has 0 aromatic heterocycles. The summed E-state index contributed by atoms with van der Waals surface area (Å²) in [5, 5.41) is 2.10. The third-order valence-corrected chi connectivity index (χ3v) is 1.96. The van der Waals surface area contributed by atoms with E-state index in [2.05, 4.69) is 5.32 Å². The summed E-state index contributed by atoms with van der Waals surface area (Å²) in [5.41, 5.74) is 2.82. The van der Waals surface area contributed by atoms with Gasteiger partial charge in [-0.3, -0.25) is 4.79 Å². The van der Waals surface area contributed by atoms with Crippen molar-refractivity contribution in [3.8, 4) is 0 Å². The van der Waals surface area contributed by atoms with Crippen LogP contribution < -0.4 is 11.1 Å². The molecule has 1 rings (SSSR count). The summed E-state index contributed by atoms with van der Waals surface area (Å²) in [6.45, 7) is -0.519. The highest BCUT2D eigenvalue weighted by Gasteiger charge is 2.53. The lowest BCUT2D eigenvalue weighted by molar-refractivity contribution is -0.190. The molecule has 0 aromatic rings. The Bertz CT molecular complexity index is 191. The Morgan fingerprint density at radius 1 is 1.50 bits per heavy atom. The maximum atomic E-state index is 12.2. The third kappa shape index (κ3) is 1.52. The van der Waals surface area contributed by atoms with Crippen molar-refractivity contribution in [3.63, 3.8) is 0 Å². The van der Waals surface area contributed by atoms with Gasteiger partial charge in [0.1, 0.15) is 5.54 Å². The van der Waals surface area contributed by atoms with Gasteiger partial charge in [0, 0.05) is 13.0 Å². The predicted octanol–water partition coefficient (Wildman–Crippen LogP) is 0.156. The SMILES string of the molecule is NC1(C(F)(F)F)CCC(=O)NC1. The summed E-state index contributed by atoms with van der Waals surface area (Å²) in [5.74, 6) is -0.375. The normalized spacial score (nSPS) is 31.5. The van der Waals surface area contributed by atoms with E-state index in [-0.39, 0.29) is 18.7 Å². The van der Waals surface area contributed by atoms with Crippen LogP contribution in [0, 0.1) is 0 Å². The van der Waals surface area contributed by atoms with Crippen molar-refractivity contribution >= 4 is 5.91 Å². The minimum absolute atomic E-state index is 0.157. The van der Waals surface area contributed by atoms with E-state index in [9.17, 15) is 18.0 Å². The number of carbonyl (C=O) groups is 1. The van der Waals surface area contributed by atoms with Crippen LogP contribution in [0.15, 0.2) is 0 Å². The van der Waals surface area contributed by atoms with Gasteiger partial charge in [-0.1, -0.05) is 0 Å². The predicted molar refractivity (Wildman–Crippen MR) is 35.2 cm³/mol. The fourth-order valence-electron chi connectivity index (χ4n) is 1.01. The molecule has 0 bridgehead atoms. The second kappa shape index (κ2) is 2.62. The van der Waals surface area contributed by atoms with E-state index < -0.39 is 18.3 Å². The maximum Gasteiger partial charge on any atom is 0.408 e. The van der Waals surface area contributed by atoms with Crippen LogP contribution in [0.5, 0.6) is 0 Å². The van der Waals surface area contributed by atoms with E-state index in [1.54, 1.807) is 0 Å². The highest BCUT2D eigenvalue weighted by Crippen LogP contribution is 2.32. The number of nitrogens with two attached hydrogens (primary N) is 1. The summed E-state index contributed by atoms with van der Waals surface area (Å²) in [4.78, 5) is 10.5. The Balaban J connectivity index is 2.68. The molecule has 0 aromatic carbocycles. The molecule has 1 amide bonds. The van der Waals surface area contributed by atoms with Crippen LogP contribution in [-0.2, 0) is 4.79 Å². The number of amides is 1. The van der Waals surface area contributed by atoms with Gasteiger partial charge in [0.25, 0.3) is 0 Å². The highest BCUT2D eigenvalue weighted by molar-refractivity contribution is 5.77. The molecule has 1 fully saturated rings. The third-order valence-electron chi connectivity index (χ3n) is 1.96. The average molecular weight is 182 g/mol. The highest BCUT2D eigenvalue weighted by atomic mass is 19.4. The van der Waals surface area contributed by atoms with Crippen LogP contribution in [0.1, 0.15) is 12.8 Å². The molecule has 1 heterocycles. The minimum atomic E-state index is -4.44. The van der Waals surface area contributed by atoms with Crippen LogP contribution in [0.25, 0.3) is 0 Å². The van der Waals surface area contributed by atoms with Gasteiger partial charge >= 0.3 is 6.18 Å². The largest absolute Gasteiger partial charge is 0.408 e. The summed E-state index contributed by atoms with van der Waals surface area (Å²) in [6.07, 6.45) is -4.93. The number of alkyl halides is 3. The summed E-state index contributed by atoms with van der Waals surface area (Å²) in [7, 11) is 0. The van der Waals surface area contributed by atoms with Crippen LogP contribution >= 0.6 is 0 Å². The fourth-order valence-corrected chi connectivity index (χ4v) is 1.01. The van der Waals surface area contributed by atoms with E-state index in [1.165, 1.54) is 0 Å². The van der Waals surface area contributed by atoms with Crippen molar-refractivity contribution < 1.29 is 18.0 Å². The summed E-state index contributed by atoms with van der Waals surface area (Å²) in [6, 6.07) is 0. The summed E-state index contributed by atoms with van der Waals surface area (Å²) >= 11 is 0. The quantitative estimate of drug-likeness (QED) is 0.560. The zero-order chi connectivity index (χ0) is 9.41. The van der Waals surface area contributed by atoms with Crippen molar-refractivity contribution in [1.82, 2.24) is 5.32 Å². The standard InChI is InChI=1S/C6H9F3N2O/c7-6(8,9)5(10)2-1-4(12)11-3-5/h1-3,10H2,(H,11,12). The second-order valence-electron chi connectivity index (χ2n) is 2.93. The molecule has 1 unspecified atom stereocenters. The summed E-state index contributed by atoms with van der Waals surface area (Å²) < 4.78 is 36.5. The van der Waals surface area contributed by atoms with E-state index in [1.807, 2.05) is 0 Å². The molecule has 1 atom stereocenters. The van der Waals surface area contributed by atoms with Crippen LogP contribution in [0.2, 0.25) is 0 Å². The Morgan fingerprint density at radius 2 is 2.08 bits per heavy atom. The number of nitrogens with one attached hydrogen (secondary N) is 1. The molecule has 0 saturated carbocycles. The molecule has 0 aliphatic carbocycles. The molecule has 3 nitrogen and oxygen atoms in total. The van der Waals surface area contributed by atoms with E-state index in [0.29, 0.717) is 0 Å². The number of hydrogen-bond acceptors (Lipinski definition) is 2. The Kier molecular flexibility index (Phi) is 2.03. The monoisotopic (exact) mass is 182 g/mol. The first-order valence-corrected chi connectivity index (χ1v) is 3.47. The van der Waals surface area contributed by atoms with Crippen molar-refractivity contribution in [2.75, 3.05) is 6.54 Å². The molecule has 12 heavy (non-hydrogen) atoms. The van der Waals surface area contributed by atoms with Crippen molar-refractivity contribution in [3.05, 3.63) is 0 Å². The van der Waals surface area contributed by atoms with Crippen LogP contribution in [0.4, 0.5) is 13.2 Å². The molecule has 3 N–H and O–H groups in total. The van der Waals surface area contributed by atoms with Gasteiger partial charge in [0.05, 0.1) is 0 Å². The second-order valence-corrected chi connectivity index (χ2v) is 2.93. The Hall–Kier alpha value is -0.780. The number of rotatable bonds is 0. The first-order chi connectivity index (χ1) is 5.35. The van der Waals surface area contributed by atoms with Gasteiger partial charge in [-0.15, -0.1) is 0 Å². The van der Waals surface area contributed by atoms with Gasteiger partial charge in [0.2, 0.25) is 5.91 Å². The lowest BCUT2D eigenvalue weighted by Crippen LogP contribution is -2.63. The fraction of sp³-hybridized carbons (Fsp3) is 0.833. The smallest absolute Gasteiger partial charge is 0.354 e. The molecular weight excluding hydrogens is 173 g/mol. The molecule has 0 radical (unpaired) electrons. The van der Waals surface area contributed by atoms with Crippen LogP contribution in [-0.4, -0.2) is 24.2 Å². The molecular formula is C6H9F3N2O. The average Bonchev–Trinajstić information content (AvgIpc) is 1.93. The Morgan fingerprint density at radius 3 is 2.42 bits per heavy atom. The zero-order valence-corrected chi connectivity index (χ0v) is 6.24. The van der Waals surface area contributed by atoms with Crippen molar-refractivity contribution in [1.29, 1.82) is 0 Å². The molecule has 0 spiro atoms. The lowest BCUT2D eigenvalue weighted by atomic mass is 9.90. The first kappa shape index (κ1) is 9.31. The topological polar surface area (TPSA) is 55.1 Å². The molecule has 6 heteroatoms. The van der Waals surface area contributed by atoms with Gasteiger partial charge in [0.15, 0.2) is 0 Å². The van der Waals surface area contributed by atoms with Gasteiger partial charge in [-0.05, 0) is 6.42 Å². The van der Waals surface area contributed by atoms with E-state index in [4.69, 9.17) is 5.73 Å². The minimum Gasteiger partial charge on any atom is -0.354 e. The first-order valence-electron chi connectivity index (χ1n) is 3.47. The molecule has 70 valence electrons. The lowest BCUT2D eigenvalue weighted by Gasteiger charge is -2.34. The maximum absolute atomic E-state index is 12.2. The number of hydrogen-bond donors (Lipinski definition) is 2. The molecule has 1 aliphatic heterocycles. The molecule has 1 aliphatic rings. The van der Waals surface area contributed by atoms with Crippen molar-refractivity contribution in [2.45, 2.75) is 24.6 Å².